The van der Waals surface area contributed by atoms with E-state index < -0.39 is 17.9 Å². The van der Waals surface area contributed by atoms with E-state index in [4.69, 9.17) is 4.74 Å². The van der Waals surface area contributed by atoms with Crippen LogP contribution in [0.3, 0.4) is 0 Å². The van der Waals surface area contributed by atoms with Crippen LogP contribution in [-0.2, 0) is 21.1 Å². The molecule has 6 nitrogen and oxygen atoms in total. The molecular formula is C21H26FNO5. The maximum absolute atomic E-state index is 12.5. The van der Waals surface area contributed by atoms with Crippen molar-refractivity contribution in [2.75, 3.05) is 0 Å². The van der Waals surface area contributed by atoms with Gasteiger partial charge in [-0.05, 0) is 25.5 Å². The third kappa shape index (κ3) is 4.24. The molecule has 0 aliphatic heterocycles. The molecule has 1 atom stereocenters. The fourth-order valence-electron chi connectivity index (χ4n) is 3.40. The maximum Gasteiger partial charge on any atom is 0.389 e. The molecule has 2 aromatic rings. The minimum Gasteiger partial charge on any atom is -0.478 e. The molecule has 2 rings (SSSR count). The number of benzene rings is 1. The molecule has 1 heterocycles. The Kier molecular flexibility index (Phi) is 7.31. The second-order valence-electron chi connectivity index (χ2n) is 7.13. The average molecular weight is 391 g/mol. The smallest absolute Gasteiger partial charge is 0.389 e. The number of aldehydes is 1. The number of aryl methyl sites for hydroxylation is 1. The monoisotopic (exact) mass is 391 g/mol. The molecule has 0 spiro atoms. The molecule has 0 saturated carbocycles. The first kappa shape index (κ1) is 21.6. The summed E-state index contributed by atoms with van der Waals surface area (Å²) in [4.78, 5) is 38.7. The van der Waals surface area contributed by atoms with Crippen LogP contribution in [-0.4, -0.2) is 28.7 Å². The van der Waals surface area contributed by atoms with Crippen molar-refractivity contribution in [2.45, 2.75) is 59.6 Å². The van der Waals surface area contributed by atoms with Crippen LogP contribution in [0.25, 0.3) is 10.9 Å². The lowest BCUT2D eigenvalue weighted by molar-refractivity contribution is -0.194. The Balaban J connectivity index is 2.64. The number of carbonyl (C=O) groups excluding carboxylic acids is 3. The molecule has 0 bridgehead atoms. The van der Waals surface area contributed by atoms with Gasteiger partial charge in [0, 0.05) is 22.7 Å². The van der Waals surface area contributed by atoms with Crippen LogP contribution in [0.5, 0.6) is 5.75 Å². The Morgan fingerprint density at radius 3 is 2.54 bits per heavy atom. The molecule has 0 aliphatic rings. The molecular weight excluding hydrogens is 365 g/mol. The molecule has 0 amide bonds. The number of unbranched alkanes of at least 4 members (excludes halogenated alkanes) is 2. The van der Waals surface area contributed by atoms with Crippen LogP contribution in [0.1, 0.15) is 56.1 Å². The van der Waals surface area contributed by atoms with E-state index in [1.807, 2.05) is 10.6 Å². The zero-order valence-corrected chi connectivity index (χ0v) is 16.7. The zero-order chi connectivity index (χ0) is 20.8. The zero-order valence-electron chi connectivity index (χ0n) is 16.7. The summed E-state index contributed by atoms with van der Waals surface area (Å²) in [7, 11) is 0. The van der Waals surface area contributed by atoms with Crippen LogP contribution in [0.4, 0.5) is 4.53 Å². The molecule has 152 valence electrons. The Hall–Kier alpha value is -2.70. The number of hydrogen-bond donors (Lipinski definition) is 0. The van der Waals surface area contributed by atoms with E-state index in [1.54, 1.807) is 32.9 Å². The molecule has 7 heteroatoms. The van der Waals surface area contributed by atoms with Crippen molar-refractivity contribution in [3.8, 4) is 5.75 Å². The fraction of sp³-hybridized carbons (Fsp3) is 0.476. The second-order valence-corrected chi connectivity index (χ2v) is 7.13. The predicted octanol–water partition coefficient (Wildman–Crippen LogP) is 4.35. The largest absolute Gasteiger partial charge is 0.478 e. The van der Waals surface area contributed by atoms with Crippen LogP contribution < -0.4 is 4.74 Å². The first-order chi connectivity index (χ1) is 13.4. The Bertz CT molecular complexity index is 871. The van der Waals surface area contributed by atoms with E-state index in [2.05, 4.69) is 11.9 Å². The lowest BCUT2D eigenvalue weighted by Crippen LogP contribution is -2.33. The van der Waals surface area contributed by atoms with E-state index in [0.717, 1.165) is 24.8 Å². The molecule has 1 aromatic heterocycles. The lowest BCUT2D eigenvalue weighted by atomic mass is 10.1. The number of halogens is 1. The molecule has 28 heavy (non-hydrogen) atoms. The van der Waals surface area contributed by atoms with Crippen molar-refractivity contribution in [3.63, 3.8) is 0 Å². The minimum atomic E-state index is -1.18. The number of rotatable bonds is 10. The number of ether oxygens (including phenoxy) is 1. The number of carbonyl (C=O) groups is 3. The number of aromatic nitrogens is 1. The van der Waals surface area contributed by atoms with E-state index in [-0.39, 0.29) is 23.5 Å². The van der Waals surface area contributed by atoms with Crippen LogP contribution in [0.2, 0.25) is 0 Å². The Morgan fingerprint density at radius 1 is 1.25 bits per heavy atom. The molecule has 0 N–H and O–H groups in total. The molecule has 1 aromatic carbocycles. The number of hydrogen-bond acceptors (Lipinski definition) is 5. The molecule has 0 radical (unpaired) electrons. The van der Waals surface area contributed by atoms with Gasteiger partial charge >= 0.3 is 5.97 Å². The summed E-state index contributed by atoms with van der Waals surface area (Å²) in [6.07, 6.45) is 2.09. The van der Waals surface area contributed by atoms with Gasteiger partial charge in [-0.25, -0.2) is 4.79 Å². The van der Waals surface area contributed by atoms with Gasteiger partial charge in [-0.15, -0.1) is 0 Å². The highest BCUT2D eigenvalue weighted by molar-refractivity contribution is 6.37. The average Bonchev–Trinajstić information content (AvgIpc) is 2.97. The van der Waals surface area contributed by atoms with Crippen LogP contribution in [0, 0.1) is 12.8 Å². The van der Waals surface area contributed by atoms with Crippen LogP contribution in [0.15, 0.2) is 18.2 Å². The summed E-state index contributed by atoms with van der Waals surface area (Å²) in [5.74, 6) is -1.93. The highest BCUT2D eigenvalue weighted by Crippen LogP contribution is 2.35. The van der Waals surface area contributed by atoms with E-state index in [0.29, 0.717) is 17.6 Å². The van der Waals surface area contributed by atoms with Gasteiger partial charge in [-0.1, -0.05) is 39.7 Å². The van der Waals surface area contributed by atoms with Crippen LogP contribution >= 0.6 is 0 Å². The van der Waals surface area contributed by atoms with Gasteiger partial charge in [0.1, 0.15) is 5.75 Å². The summed E-state index contributed by atoms with van der Waals surface area (Å²) < 4.78 is 20.2. The first-order valence-corrected chi connectivity index (χ1v) is 9.47. The maximum atomic E-state index is 12.5. The van der Waals surface area contributed by atoms with Gasteiger partial charge in [0.15, 0.2) is 6.29 Å². The highest BCUT2D eigenvalue weighted by atomic mass is 19.3. The molecule has 0 aliphatic carbocycles. The van der Waals surface area contributed by atoms with Gasteiger partial charge < -0.3 is 9.30 Å². The molecule has 0 saturated heterocycles. The summed E-state index contributed by atoms with van der Waals surface area (Å²) in [6.45, 7) is 7.96. The third-order valence-corrected chi connectivity index (χ3v) is 4.82. The van der Waals surface area contributed by atoms with Crippen molar-refractivity contribution >= 4 is 28.9 Å². The Labute approximate surface area is 163 Å². The fourth-order valence-corrected chi connectivity index (χ4v) is 3.40. The topological polar surface area (TPSA) is 74.6 Å². The molecule has 1 unspecified atom stereocenters. The van der Waals surface area contributed by atoms with Gasteiger partial charge in [-0.2, -0.15) is 0 Å². The SMILES string of the molecule is CCCCCn1c(C)c(C(=O)C=O)c2c(OC(C(=O)OF)C(C)C)cccc21. The number of ketones is 1. The molecule has 0 fully saturated rings. The van der Waals surface area contributed by atoms with E-state index in [1.165, 1.54) is 0 Å². The highest BCUT2D eigenvalue weighted by Gasteiger charge is 2.29. The number of nitrogens with zero attached hydrogens (tertiary/aromatic N) is 1. The lowest BCUT2D eigenvalue weighted by Gasteiger charge is -2.19. The summed E-state index contributed by atoms with van der Waals surface area (Å²) in [5, 5.41) is 0.450. The normalized spacial score (nSPS) is 12.2. The number of fused-ring (bicyclic) bond motifs is 1. The predicted molar refractivity (Wildman–Crippen MR) is 103 cm³/mol. The van der Waals surface area contributed by atoms with Crippen molar-refractivity contribution in [2.24, 2.45) is 5.92 Å². The minimum absolute atomic E-state index is 0.240. The van der Waals surface area contributed by atoms with Crippen molar-refractivity contribution in [3.05, 3.63) is 29.5 Å². The van der Waals surface area contributed by atoms with Gasteiger partial charge in [0.25, 0.3) is 0 Å². The van der Waals surface area contributed by atoms with Gasteiger partial charge in [0.05, 0.1) is 16.5 Å². The standard InChI is InChI=1S/C21H26FNO5/c1-5-6-7-11-23-14(4)18(16(25)12-24)19-15(23)9-8-10-17(19)27-20(13(2)3)21(26)28-22/h8-10,12-13,20H,5-7,11H2,1-4H3. The Morgan fingerprint density at radius 2 is 1.96 bits per heavy atom. The van der Waals surface area contributed by atoms with Gasteiger partial charge in [-0.3, -0.25) is 14.5 Å². The summed E-state index contributed by atoms with van der Waals surface area (Å²) >= 11 is 0. The summed E-state index contributed by atoms with van der Waals surface area (Å²) in [6, 6.07) is 5.17. The second kappa shape index (κ2) is 9.48. The van der Waals surface area contributed by atoms with Crippen molar-refractivity contribution in [1.82, 2.24) is 4.57 Å². The van der Waals surface area contributed by atoms with Gasteiger partial charge in [0.2, 0.25) is 11.9 Å². The quantitative estimate of drug-likeness (QED) is 0.260. The summed E-state index contributed by atoms with van der Waals surface area (Å²) in [5.41, 5.74) is 1.63. The van der Waals surface area contributed by atoms with Crippen molar-refractivity contribution in [1.29, 1.82) is 0 Å². The van der Waals surface area contributed by atoms with E-state index >= 15 is 0 Å². The van der Waals surface area contributed by atoms with E-state index in [9.17, 15) is 18.9 Å². The number of Topliss-reactive ketones (excluding diaryl/α,β-unsaturated/α-hetero) is 1. The first-order valence-electron chi connectivity index (χ1n) is 9.47. The third-order valence-electron chi connectivity index (χ3n) is 4.82. The van der Waals surface area contributed by atoms with Crippen molar-refractivity contribution < 1.29 is 28.6 Å².